The number of amides is 2. The maximum Gasteiger partial charge on any atom is 0.408 e. The van der Waals surface area contributed by atoms with E-state index in [1.807, 2.05) is 36.4 Å². The molecule has 1 aromatic heterocycles. The Labute approximate surface area is 288 Å². The van der Waals surface area contributed by atoms with Gasteiger partial charge in [-0.3, -0.25) is 9.59 Å². The van der Waals surface area contributed by atoms with Gasteiger partial charge in [0.05, 0.1) is 31.7 Å². The Kier molecular flexibility index (Phi) is 11.8. The predicted molar refractivity (Wildman–Crippen MR) is 193 cm³/mol. The van der Waals surface area contributed by atoms with Crippen LogP contribution in [0.1, 0.15) is 65.4 Å². The Hall–Kier alpha value is -4.12. The predicted octanol–water partition coefficient (Wildman–Crippen LogP) is 6.34. The first-order chi connectivity index (χ1) is 22.6. The molecule has 0 radical (unpaired) electrons. The van der Waals surface area contributed by atoms with Crippen molar-refractivity contribution in [3.63, 3.8) is 0 Å². The molecule has 0 saturated carbocycles. The molecule has 0 unspecified atom stereocenters. The molecular formula is C37H46ClN3O6Si. The highest BCUT2D eigenvalue weighted by Crippen LogP contribution is 2.37. The van der Waals surface area contributed by atoms with Crippen LogP contribution < -0.4 is 21.0 Å². The zero-order chi connectivity index (χ0) is 35.1. The number of aromatic nitrogens is 1. The summed E-state index contributed by atoms with van der Waals surface area (Å²) >= 11 is 6.18. The summed E-state index contributed by atoms with van der Waals surface area (Å²) in [5, 5.41) is 8.93. The summed E-state index contributed by atoms with van der Waals surface area (Å²) in [6, 6.07) is 25.3. The fourth-order valence-electron chi connectivity index (χ4n) is 5.86. The lowest BCUT2D eigenvalue weighted by Gasteiger charge is -2.44. The van der Waals surface area contributed by atoms with Crippen molar-refractivity contribution in [1.29, 1.82) is 0 Å². The van der Waals surface area contributed by atoms with Crippen LogP contribution in [-0.2, 0) is 18.7 Å². The zero-order valence-electron chi connectivity index (χ0n) is 28.7. The minimum atomic E-state index is -3.08. The van der Waals surface area contributed by atoms with Gasteiger partial charge in [-0.2, -0.15) is 0 Å². The van der Waals surface area contributed by atoms with Gasteiger partial charge in [0.2, 0.25) is 0 Å². The molecule has 4 rings (SSSR count). The maximum atomic E-state index is 13.8. The topological polar surface area (TPSA) is 119 Å². The quantitative estimate of drug-likeness (QED) is 0.118. The Morgan fingerprint density at radius 1 is 0.833 bits per heavy atom. The smallest absolute Gasteiger partial charge is 0.408 e. The molecular weight excluding hydrogens is 646 g/mol. The van der Waals surface area contributed by atoms with Gasteiger partial charge in [0.1, 0.15) is 11.3 Å². The zero-order valence-corrected chi connectivity index (χ0v) is 30.4. The molecule has 11 heteroatoms. The first-order valence-corrected chi connectivity index (χ1v) is 18.4. The van der Waals surface area contributed by atoms with Gasteiger partial charge in [0.25, 0.3) is 14.2 Å². The third-order valence-electron chi connectivity index (χ3n) is 7.92. The van der Waals surface area contributed by atoms with E-state index in [4.69, 9.17) is 25.5 Å². The van der Waals surface area contributed by atoms with Gasteiger partial charge in [-0.25, -0.2) is 4.79 Å². The molecule has 48 heavy (non-hydrogen) atoms. The fraction of sp³-hybridized carbons (Fsp3) is 0.378. The van der Waals surface area contributed by atoms with Crippen molar-refractivity contribution in [3.8, 4) is 0 Å². The number of fused-ring (bicyclic) bond motifs is 1. The van der Waals surface area contributed by atoms with Crippen LogP contribution in [0, 0.1) is 0 Å². The Bertz CT molecular complexity index is 1660. The minimum absolute atomic E-state index is 0.0425. The molecule has 9 nitrogen and oxygen atoms in total. The number of carbonyl (C=O) groups is 3. The monoisotopic (exact) mass is 691 g/mol. The highest BCUT2D eigenvalue weighted by atomic mass is 35.5. The van der Waals surface area contributed by atoms with E-state index in [1.54, 1.807) is 52.0 Å². The number of nitrogens with one attached hydrogen (secondary N) is 3. The van der Waals surface area contributed by atoms with Crippen LogP contribution >= 0.6 is 11.6 Å². The molecule has 2 atom stereocenters. The second-order valence-corrected chi connectivity index (χ2v) is 18.5. The summed E-state index contributed by atoms with van der Waals surface area (Å²) in [5.41, 5.74) is 0.203. The molecule has 0 spiro atoms. The van der Waals surface area contributed by atoms with Crippen molar-refractivity contribution in [1.82, 2.24) is 15.6 Å². The van der Waals surface area contributed by atoms with E-state index in [9.17, 15) is 14.4 Å². The normalized spacial score (nSPS) is 13.4. The van der Waals surface area contributed by atoms with Gasteiger partial charge in [-0.1, -0.05) is 93.0 Å². The molecule has 3 N–H and O–H groups in total. The lowest BCUT2D eigenvalue weighted by Crippen LogP contribution is -2.68. The number of hydrogen-bond donors (Lipinski definition) is 3. The Balaban J connectivity index is 1.77. The minimum Gasteiger partial charge on any atom is -0.466 e. The van der Waals surface area contributed by atoms with Gasteiger partial charge < -0.3 is 29.5 Å². The first kappa shape index (κ1) is 36.7. The molecule has 0 aliphatic carbocycles. The number of hydrogen-bond acceptors (Lipinski definition) is 6. The molecule has 4 aromatic rings. The SMILES string of the molecule is CCOC(=O)C[C@@H](NC(=O)c1cc2cc(Cl)ccc2[nH]1)[C@H](CO[Si](c1ccccc1)(c1ccccc1)C(C)(C)C)NC(=O)OC(C)(C)C. The second-order valence-electron chi connectivity index (χ2n) is 13.7. The maximum absolute atomic E-state index is 13.8. The van der Waals surface area contributed by atoms with E-state index < -0.39 is 44.0 Å². The van der Waals surface area contributed by atoms with E-state index in [0.717, 1.165) is 21.3 Å². The summed E-state index contributed by atoms with van der Waals surface area (Å²) in [6.07, 6.45) is -0.933. The molecule has 3 aromatic carbocycles. The molecule has 256 valence electrons. The second kappa shape index (κ2) is 15.4. The van der Waals surface area contributed by atoms with Gasteiger partial charge in [0.15, 0.2) is 0 Å². The highest BCUT2D eigenvalue weighted by molar-refractivity contribution is 6.99. The third kappa shape index (κ3) is 9.06. The van der Waals surface area contributed by atoms with E-state index in [0.29, 0.717) is 5.02 Å². The molecule has 0 fully saturated rings. The van der Waals surface area contributed by atoms with E-state index in [-0.39, 0.29) is 30.4 Å². The van der Waals surface area contributed by atoms with E-state index in [1.165, 1.54) is 0 Å². The van der Waals surface area contributed by atoms with Crippen LogP contribution in [0.3, 0.4) is 0 Å². The Morgan fingerprint density at radius 2 is 1.44 bits per heavy atom. The number of rotatable bonds is 12. The van der Waals surface area contributed by atoms with Crippen molar-refractivity contribution >= 4 is 59.2 Å². The van der Waals surface area contributed by atoms with Gasteiger partial charge >= 0.3 is 12.1 Å². The van der Waals surface area contributed by atoms with Crippen molar-refractivity contribution < 1.29 is 28.3 Å². The number of esters is 1. The number of benzene rings is 3. The highest BCUT2D eigenvalue weighted by Gasteiger charge is 2.51. The van der Waals surface area contributed by atoms with Gasteiger partial charge in [0, 0.05) is 15.9 Å². The van der Waals surface area contributed by atoms with Crippen molar-refractivity contribution in [2.75, 3.05) is 13.2 Å². The van der Waals surface area contributed by atoms with Crippen LogP contribution in [0.4, 0.5) is 4.79 Å². The molecule has 2 amide bonds. The van der Waals surface area contributed by atoms with Crippen molar-refractivity contribution in [2.45, 2.75) is 77.6 Å². The van der Waals surface area contributed by atoms with E-state index >= 15 is 0 Å². The molecule has 0 aliphatic rings. The van der Waals surface area contributed by atoms with Crippen molar-refractivity contribution in [3.05, 3.63) is 95.6 Å². The number of alkyl carbamates (subject to hydrolysis) is 1. The summed E-state index contributed by atoms with van der Waals surface area (Å²) in [6.45, 7) is 13.6. The van der Waals surface area contributed by atoms with E-state index in [2.05, 4.69) is 60.7 Å². The molecule has 0 saturated heterocycles. The summed E-state index contributed by atoms with van der Waals surface area (Å²) in [7, 11) is -3.08. The average molecular weight is 692 g/mol. The lowest BCUT2D eigenvalue weighted by atomic mass is 10.1. The molecule has 0 bridgehead atoms. The summed E-state index contributed by atoms with van der Waals surface area (Å²) in [4.78, 5) is 43.2. The fourth-order valence-corrected chi connectivity index (χ4v) is 10.6. The van der Waals surface area contributed by atoms with Gasteiger partial charge in [-0.15, -0.1) is 0 Å². The number of halogens is 1. The Morgan fingerprint density at radius 3 is 1.98 bits per heavy atom. The number of ether oxygens (including phenoxy) is 2. The first-order valence-electron chi connectivity index (χ1n) is 16.1. The number of carbonyl (C=O) groups excluding carboxylic acids is 3. The third-order valence-corrected chi connectivity index (χ3v) is 13.2. The largest absolute Gasteiger partial charge is 0.466 e. The van der Waals surface area contributed by atoms with Crippen LogP contribution in [-0.4, -0.2) is 62.2 Å². The van der Waals surface area contributed by atoms with Crippen LogP contribution in [0.2, 0.25) is 10.1 Å². The summed E-state index contributed by atoms with van der Waals surface area (Å²) < 4.78 is 18.1. The van der Waals surface area contributed by atoms with Crippen LogP contribution in [0.15, 0.2) is 84.9 Å². The lowest BCUT2D eigenvalue weighted by molar-refractivity contribution is -0.143. The van der Waals surface area contributed by atoms with Gasteiger partial charge in [-0.05, 0) is 67.4 Å². The molecule has 0 aliphatic heterocycles. The summed E-state index contributed by atoms with van der Waals surface area (Å²) in [5.74, 6) is -1.01. The van der Waals surface area contributed by atoms with Crippen molar-refractivity contribution in [2.24, 2.45) is 0 Å². The average Bonchev–Trinajstić information content (AvgIpc) is 3.43. The molecule has 1 heterocycles. The van der Waals surface area contributed by atoms with Crippen LogP contribution in [0.5, 0.6) is 0 Å². The standard InChI is InChI=1S/C37H46ClN3O6Si/c1-8-45-33(42)23-30(40-34(43)31-22-25-21-26(38)19-20-29(25)39-31)32(41-35(44)47-36(2,3)4)24-46-48(37(5,6)7,27-15-11-9-12-16-27)28-17-13-10-14-18-28/h9-22,30,32,39H,8,23-24H2,1-7H3,(H,40,43)(H,41,44)/t30-,32+/m1/s1. The van der Waals surface area contributed by atoms with Crippen LogP contribution in [0.25, 0.3) is 10.9 Å². The number of aromatic amines is 1. The number of H-pyrrole nitrogens is 1.